The number of hydrogen-bond donors (Lipinski definition) is 2. The minimum Gasteiger partial charge on any atom is -0.508 e. The number of nitrogens with two attached hydrogens (primary N) is 1. The highest BCUT2D eigenvalue weighted by Gasteiger charge is 2.00. The van der Waals surface area contributed by atoms with Gasteiger partial charge >= 0.3 is 0 Å². The predicted molar refractivity (Wildman–Crippen MR) is 57.3 cm³/mol. The van der Waals surface area contributed by atoms with Crippen LogP contribution in [0, 0.1) is 0 Å². The Morgan fingerprint density at radius 2 is 1.85 bits per heavy atom. The van der Waals surface area contributed by atoms with Crippen molar-refractivity contribution in [3.05, 3.63) is 29.8 Å². The van der Waals surface area contributed by atoms with Gasteiger partial charge in [0.25, 0.3) is 0 Å². The van der Waals surface area contributed by atoms with Crippen LogP contribution < -0.4 is 5.73 Å². The molecule has 1 aromatic carbocycles. The lowest BCUT2D eigenvalue weighted by atomic mass is 10.1. The molecule has 0 aliphatic carbocycles. The van der Waals surface area contributed by atoms with Crippen LogP contribution in [0.15, 0.2) is 24.3 Å². The van der Waals surface area contributed by atoms with Crippen LogP contribution in [-0.4, -0.2) is 11.1 Å². The zero-order valence-corrected chi connectivity index (χ0v) is 8.55. The van der Waals surface area contributed by atoms with Gasteiger partial charge < -0.3 is 10.8 Å². The summed E-state index contributed by atoms with van der Waals surface area (Å²) in [7, 11) is 0. The van der Waals surface area contributed by atoms with Gasteiger partial charge in [-0.25, -0.2) is 0 Å². The topological polar surface area (TPSA) is 46.2 Å². The average molecular weight is 202 g/mol. The summed E-state index contributed by atoms with van der Waals surface area (Å²) in [4.78, 5) is 0. The molecule has 3 heteroatoms. The van der Waals surface area contributed by atoms with E-state index in [1.54, 1.807) is 12.1 Å². The number of benzene rings is 1. The van der Waals surface area contributed by atoms with Crippen molar-refractivity contribution in [2.75, 3.05) is 0 Å². The molecule has 0 heterocycles. The third-order valence-electron chi connectivity index (χ3n) is 1.96. The lowest BCUT2D eigenvalue weighted by Gasteiger charge is -2.07. The largest absolute Gasteiger partial charge is 0.508 e. The minimum atomic E-state index is 0. The summed E-state index contributed by atoms with van der Waals surface area (Å²) in [6.45, 7) is 2.07. The van der Waals surface area contributed by atoms with Gasteiger partial charge in [0.2, 0.25) is 0 Å². The monoisotopic (exact) mass is 201 g/mol. The smallest absolute Gasteiger partial charge is 0.115 e. The summed E-state index contributed by atoms with van der Waals surface area (Å²) in [5.74, 6) is 0.309. The van der Waals surface area contributed by atoms with Gasteiger partial charge in [-0.05, 0) is 30.5 Å². The number of phenols is 1. The molecule has 1 atom stereocenters. The Morgan fingerprint density at radius 1 is 1.31 bits per heavy atom. The van der Waals surface area contributed by atoms with Crippen molar-refractivity contribution in [2.24, 2.45) is 5.73 Å². The fourth-order valence-corrected chi connectivity index (χ4v) is 1.08. The number of aromatic hydroxyl groups is 1. The predicted octanol–water partition coefficient (Wildman–Crippen LogP) is 2.09. The summed E-state index contributed by atoms with van der Waals surface area (Å²) in [6.07, 6.45) is 1.87. The summed E-state index contributed by atoms with van der Waals surface area (Å²) in [5, 5.41) is 9.02. The second-order valence-electron chi connectivity index (χ2n) is 3.04. The molecule has 2 nitrogen and oxygen atoms in total. The summed E-state index contributed by atoms with van der Waals surface area (Å²) < 4.78 is 0. The van der Waals surface area contributed by atoms with Crippen molar-refractivity contribution in [3.63, 3.8) is 0 Å². The molecule has 0 amide bonds. The van der Waals surface area contributed by atoms with E-state index < -0.39 is 0 Å². The van der Waals surface area contributed by atoms with Gasteiger partial charge in [-0.3, -0.25) is 0 Å². The van der Waals surface area contributed by atoms with E-state index in [0.717, 1.165) is 12.8 Å². The molecule has 0 radical (unpaired) electrons. The summed E-state index contributed by atoms with van der Waals surface area (Å²) >= 11 is 0. The van der Waals surface area contributed by atoms with E-state index >= 15 is 0 Å². The first-order valence-corrected chi connectivity index (χ1v) is 4.26. The Bertz CT molecular complexity index is 235. The van der Waals surface area contributed by atoms with Gasteiger partial charge in [-0.15, -0.1) is 12.4 Å². The summed E-state index contributed by atoms with van der Waals surface area (Å²) in [6, 6.07) is 7.43. The Hall–Kier alpha value is -0.730. The molecular formula is C10H16ClNO. The van der Waals surface area contributed by atoms with E-state index in [9.17, 15) is 0 Å². The fourth-order valence-electron chi connectivity index (χ4n) is 1.08. The second kappa shape index (κ2) is 5.84. The van der Waals surface area contributed by atoms with Crippen molar-refractivity contribution < 1.29 is 5.11 Å². The zero-order valence-electron chi connectivity index (χ0n) is 7.73. The molecule has 0 aliphatic rings. The van der Waals surface area contributed by atoms with Crippen LogP contribution >= 0.6 is 12.4 Å². The molecule has 1 rings (SSSR count). The van der Waals surface area contributed by atoms with E-state index in [1.807, 2.05) is 12.1 Å². The Labute approximate surface area is 85.2 Å². The van der Waals surface area contributed by atoms with Crippen molar-refractivity contribution in [1.82, 2.24) is 0 Å². The van der Waals surface area contributed by atoms with Crippen LogP contribution in [0.5, 0.6) is 5.75 Å². The number of phenolic OH excluding ortho intramolecular Hbond substituents is 1. The Morgan fingerprint density at radius 3 is 2.31 bits per heavy atom. The van der Waals surface area contributed by atoms with Gasteiger partial charge in [0, 0.05) is 6.04 Å². The minimum absolute atomic E-state index is 0. The van der Waals surface area contributed by atoms with E-state index in [0.29, 0.717) is 5.75 Å². The van der Waals surface area contributed by atoms with E-state index in [1.165, 1.54) is 5.56 Å². The maximum Gasteiger partial charge on any atom is 0.115 e. The molecule has 0 saturated carbocycles. The highest BCUT2D eigenvalue weighted by molar-refractivity contribution is 5.85. The highest BCUT2D eigenvalue weighted by atomic mass is 35.5. The van der Waals surface area contributed by atoms with Gasteiger partial charge in [0.05, 0.1) is 0 Å². The van der Waals surface area contributed by atoms with Crippen LogP contribution in [0.3, 0.4) is 0 Å². The normalized spacial score (nSPS) is 11.8. The molecule has 13 heavy (non-hydrogen) atoms. The number of halogens is 1. The average Bonchev–Trinajstić information content (AvgIpc) is 2.09. The molecule has 1 aromatic rings. The van der Waals surface area contributed by atoms with Gasteiger partial charge in [-0.2, -0.15) is 0 Å². The first kappa shape index (κ1) is 12.3. The molecule has 0 spiro atoms. The fraction of sp³-hybridized carbons (Fsp3) is 0.400. The maximum absolute atomic E-state index is 9.02. The second-order valence-corrected chi connectivity index (χ2v) is 3.04. The molecule has 0 aliphatic heterocycles. The first-order chi connectivity index (χ1) is 5.72. The number of hydrogen-bond acceptors (Lipinski definition) is 2. The third kappa shape index (κ3) is 4.15. The molecule has 0 fully saturated rings. The molecule has 74 valence electrons. The van der Waals surface area contributed by atoms with Crippen molar-refractivity contribution in [1.29, 1.82) is 0 Å². The molecule has 1 unspecified atom stereocenters. The number of rotatable bonds is 3. The van der Waals surface area contributed by atoms with E-state index in [4.69, 9.17) is 10.8 Å². The lowest BCUT2D eigenvalue weighted by molar-refractivity contribution is 0.475. The highest BCUT2D eigenvalue weighted by Crippen LogP contribution is 2.11. The lowest BCUT2D eigenvalue weighted by Crippen LogP contribution is -2.21. The van der Waals surface area contributed by atoms with E-state index in [2.05, 4.69) is 6.92 Å². The first-order valence-electron chi connectivity index (χ1n) is 4.26. The Balaban J connectivity index is 0.00000144. The van der Waals surface area contributed by atoms with Gasteiger partial charge in [0.1, 0.15) is 5.75 Å². The van der Waals surface area contributed by atoms with Crippen molar-refractivity contribution in [2.45, 2.75) is 25.8 Å². The van der Waals surface area contributed by atoms with Crippen molar-refractivity contribution in [3.8, 4) is 5.75 Å². The van der Waals surface area contributed by atoms with Gasteiger partial charge in [-0.1, -0.05) is 19.1 Å². The third-order valence-corrected chi connectivity index (χ3v) is 1.96. The molecule has 0 saturated heterocycles. The van der Waals surface area contributed by atoms with Crippen molar-refractivity contribution >= 4 is 12.4 Å². The van der Waals surface area contributed by atoms with Crippen LogP contribution in [0.25, 0.3) is 0 Å². The quantitative estimate of drug-likeness (QED) is 0.787. The van der Waals surface area contributed by atoms with Crippen LogP contribution in [0.2, 0.25) is 0 Å². The van der Waals surface area contributed by atoms with Crippen LogP contribution in [0.4, 0.5) is 0 Å². The van der Waals surface area contributed by atoms with E-state index in [-0.39, 0.29) is 18.4 Å². The SMILES string of the molecule is CCC(N)Cc1ccc(O)cc1.Cl. The van der Waals surface area contributed by atoms with Crippen LogP contribution in [0.1, 0.15) is 18.9 Å². The maximum atomic E-state index is 9.02. The molecule has 0 aromatic heterocycles. The molecule has 0 bridgehead atoms. The zero-order chi connectivity index (χ0) is 8.97. The van der Waals surface area contributed by atoms with Gasteiger partial charge in [0.15, 0.2) is 0 Å². The summed E-state index contributed by atoms with van der Waals surface area (Å²) in [5.41, 5.74) is 6.96. The Kier molecular flexibility index (Phi) is 5.51. The molecule has 3 N–H and O–H groups in total. The standard InChI is InChI=1S/C10H15NO.ClH/c1-2-9(11)7-8-3-5-10(12)6-4-8;/h3-6,9,12H,2,7,11H2,1H3;1H. The molecular weight excluding hydrogens is 186 g/mol. The van der Waals surface area contributed by atoms with Crippen LogP contribution in [-0.2, 0) is 6.42 Å².